The Kier molecular flexibility index (Phi) is 3.76. The van der Waals surface area contributed by atoms with E-state index in [1.54, 1.807) is 6.92 Å². The van der Waals surface area contributed by atoms with Gasteiger partial charge in [-0.2, -0.15) is 0 Å². The third-order valence-electron chi connectivity index (χ3n) is 1.48. The minimum Gasteiger partial charge on any atom is -0.388 e. The Hall–Kier alpha value is -0.520. The van der Waals surface area contributed by atoms with Gasteiger partial charge in [-0.3, -0.25) is 0 Å². The van der Waals surface area contributed by atoms with Crippen molar-refractivity contribution in [2.45, 2.75) is 45.3 Å². The van der Waals surface area contributed by atoms with Gasteiger partial charge < -0.3 is 10.4 Å². The summed E-state index contributed by atoms with van der Waals surface area (Å²) in [6, 6.07) is 0. The Balaban J connectivity index is 3.85. The predicted octanol–water partition coefficient (Wildman–Crippen LogP) is 1.15. The zero-order valence-corrected chi connectivity index (χ0v) is 8.44. The molecule has 0 fully saturated rings. The van der Waals surface area contributed by atoms with Crippen LogP contribution in [0.3, 0.4) is 0 Å². The lowest BCUT2D eigenvalue weighted by Gasteiger charge is -2.28. The van der Waals surface area contributed by atoms with Gasteiger partial charge in [0.05, 0.1) is 5.60 Å². The SMILES string of the molecule is C#CCC(C)(O)CNC(C)(C)C. The van der Waals surface area contributed by atoms with Crippen LogP contribution in [0.4, 0.5) is 0 Å². The number of terminal acetylenes is 1. The van der Waals surface area contributed by atoms with Gasteiger partial charge in [-0.05, 0) is 27.7 Å². The largest absolute Gasteiger partial charge is 0.388 e. The lowest BCUT2D eigenvalue weighted by molar-refractivity contribution is 0.0583. The van der Waals surface area contributed by atoms with Crippen molar-refractivity contribution in [1.29, 1.82) is 0 Å². The number of hydrogen-bond acceptors (Lipinski definition) is 2. The quantitative estimate of drug-likeness (QED) is 0.621. The molecule has 0 saturated carbocycles. The molecule has 0 spiro atoms. The van der Waals surface area contributed by atoms with E-state index >= 15 is 0 Å². The van der Waals surface area contributed by atoms with Crippen molar-refractivity contribution in [3.8, 4) is 12.3 Å². The molecular weight excluding hydrogens is 150 g/mol. The molecule has 0 aliphatic heterocycles. The first-order valence-electron chi connectivity index (χ1n) is 4.18. The van der Waals surface area contributed by atoms with Crippen molar-refractivity contribution in [1.82, 2.24) is 5.32 Å². The van der Waals surface area contributed by atoms with Gasteiger partial charge >= 0.3 is 0 Å². The fourth-order valence-electron chi connectivity index (χ4n) is 0.738. The number of hydrogen-bond donors (Lipinski definition) is 2. The molecule has 0 bridgehead atoms. The second-order valence-corrected chi connectivity index (χ2v) is 4.48. The molecule has 2 nitrogen and oxygen atoms in total. The molecule has 2 N–H and O–H groups in total. The van der Waals surface area contributed by atoms with Gasteiger partial charge in [-0.15, -0.1) is 12.3 Å². The van der Waals surface area contributed by atoms with Crippen molar-refractivity contribution >= 4 is 0 Å². The molecule has 0 aliphatic rings. The molecule has 0 aromatic carbocycles. The molecule has 2 heteroatoms. The van der Waals surface area contributed by atoms with Crippen molar-refractivity contribution in [2.75, 3.05) is 6.54 Å². The number of nitrogens with one attached hydrogen (secondary N) is 1. The van der Waals surface area contributed by atoms with Gasteiger partial charge in [-0.1, -0.05) is 0 Å². The van der Waals surface area contributed by atoms with Crippen molar-refractivity contribution in [3.05, 3.63) is 0 Å². The van der Waals surface area contributed by atoms with E-state index in [9.17, 15) is 5.11 Å². The van der Waals surface area contributed by atoms with Crippen LogP contribution in [0.1, 0.15) is 34.1 Å². The molecule has 1 unspecified atom stereocenters. The smallest absolute Gasteiger partial charge is 0.0852 e. The fourth-order valence-corrected chi connectivity index (χ4v) is 0.738. The first-order chi connectivity index (χ1) is 5.27. The van der Waals surface area contributed by atoms with Crippen LogP contribution in [-0.4, -0.2) is 22.8 Å². The van der Waals surface area contributed by atoms with Crippen LogP contribution in [-0.2, 0) is 0 Å². The molecule has 0 radical (unpaired) electrons. The molecule has 0 amide bonds. The summed E-state index contributed by atoms with van der Waals surface area (Å²) in [4.78, 5) is 0. The van der Waals surface area contributed by atoms with E-state index in [0.717, 1.165) is 0 Å². The summed E-state index contributed by atoms with van der Waals surface area (Å²) in [5.41, 5.74) is -0.763. The van der Waals surface area contributed by atoms with Crippen LogP contribution in [0.2, 0.25) is 0 Å². The Morgan fingerprint density at radius 1 is 1.33 bits per heavy atom. The third kappa shape index (κ3) is 6.21. The van der Waals surface area contributed by atoms with Gasteiger partial charge in [0.2, 0.25) is 0 Å². The Bertz CT molecular complexity index is 171. The molecule has 12 heavy (non-hydrogen) atoms. The maximum atomic E-state index is 9.67. The Morgan fingerprint density at radius 2 is 1.83 bits per heavy atom. The highest BCUT2D eigenvalue weighted by Crippen LogP contribution is 2.08. The highest BCUT2D eigenvalue weighted by Gasteiger charge is 2.21. The van der Waals surface area contributed by atoms with E-state index in [0.29, 0.717) is 13.0 Å². The van der Waals surface area contributed by atoms with Crippen molar-refractivity contribution in [2.24, 2.45) is 0 Å². The second kappa shape index (κ2) is 3.93. The number of rotatable bonds is 3. The van der Waals surface area contributed by atoms with Gasteiger partial charge in [0.25, 0.3) is 0 Å². The third-order valence-corrected chi connectivity index (χ3v) is 1.48. The normalized spacial score (nSPS) is 16.7. The zero-order chi connectivity index (χ0) is 9.83. The first-order valence-corrected chi connectivity index (χ1v) is 4.18. The van der Waals surface area contributed by atoms with Gasteiger partial charge in [0.15, 0.2) is 0 Å². The molecule has 0 aromatic rings. The summed E-state index contributed by atoms with van der Waals surface area (Å²) < 4.78 is 0. The summed E-state index contributed by atoms with van der Waals surface area (Å²) in [5.74, 6) is 2.45. The van der Waals surface area contributed by atoms with E-state index in [-0.39, 0.29) is 5.54 Å². The number of aliphatic hydroxyl groups is 1. The highest BCUT2D eigenvalue weighted by atomic mass is 16.3. The molecule has 1 atom stereocenters. The molecule has 0 aromatic heterocycles. The topological polar surface area (TPSA) is 32.3 Å². The maximum absolute atomic E-state index is 9.67. The standard InChI is InChI=1S/C10H19NO/c1-6-7-10(5,12)8-11-9(2,3)4/h1,11-12H,7-8H2,2-5H3. The van der Waals surface area contributed by atoms with Crippen LogP contribution in [0.15, 0.2) is 0 Å². The molecule has 70 valence electrons. The zero-order valence-electron chi connectivity index (χ0n) is 8.44. The summed E-state index contributed by atoms with van der Waals surface area (Å²) in [5, 5.41) is 12.9. The average molecular weight is 169 g/mol. The molecule has 0 saturated heterocycles. The summed E-state index contributed by atoms with van der Waals surface area (Å²) in [6.45, 7) is 8.43. The Morgan fingerprint density at radius 3 is 2.17 bits per heavy atom. The summed E-state index contributed by atoms with van der Waals surface area (Å²) >= 11 is 0. The van der Waals surface area contributed by atoms with Crippen LogP contribution < -0.4 is 5.32 Å². The minimum atomic E-state index is -0.790. The molecular formula is C10H19NO. The van der Waals surface area contributed by atoms with Gasteiger partial charge in [0, 0.05) is 18.5 Å². The van der Waals surface area contributed by atoms with E-state index in [4.69, 9.17) is 6.42 Å². The van der Waals surface area contributed by atoms with E-state index in [2.05, 4.69) is 32.0 Å². The average Bonchev–Trinajstić information content (AvgIpc) is 1.83. The van der Waals surface area contributed by atoms with Crippen LogP contribution in [0.5, 0.6) is 0 Å². The predicted molar refractivity (Wildman–Crippen MR) is 51.8 cm³/mol. The summed E-state index contributed by atoms with van der Waals surface area (Å²) in [7, 11) is 0. The van der Waals surface area contributed by atoms with E-state index in [1.165, 1.54) is 0 Å². The maximum Gasteiger partial charge on any atom is 0.0852 e. The van der Waals surface area contributed by atoms with Crippen LogP contribution in [0.25, 0.3) is 0 Å². The van der Waals surface area contributed by atoms with Crippen molar-refractivity contribution in [3.63, 3.8) is 0 Å². The van der Waals surface area contributed by atoms with Crippen LogP contribution in [0, 0.1) is 12.3 Å². The van der Waals surface area contributed by atoms with E-state index in [1.807, 2.05) is 0 Å². The van der Waals surface area contributed by atoms with Crippen molar-refractivity contribution < 1.29 is 5.11 Å². The molecule has 0 heterocycles. The first kappa shape index (κ1) is 11.5. The van der Waals surface area contributed by atoms with Gasteiger partial charge in [-0.25, -0.2) is 0 Å². The number of β-amino-alcohol motifs (C(OH)–C–C–N with tert-alkyl or cyclic N) is 1. The fraction of sp³-hybridized carbons (Fsp3) is 0.800. The minimum absolute atomic E-state index is 0.0264. The monoisotopic (exact) mass is 169 g/mol. The summed E-state index contributed by atoms with van der Waals surface area (Å²) in [6.07, 6.45) is 5.50. The lowest BCUT2D eigenvalue weighted by atomic mass is 10.0. The lowest BCUT2D eigenvalue weighted by Crippen LogP contribution is -2.46. The highest BCUT2D eigenvalue weighted by molar-refractivity contribution is 4.94. The van der Waals surface area contributed by atoms with Gasteiger partial charge in [0.1, 0.15) is 0 Å². The molecule has 0 aliphatic carbocycles. The second-order valence-electron chi connectivity index (χ2n) is 4.48. The van der Waals surface area contributed by atoms with Crippen LogP contribution >= 0.6 is 0 Å². The molecule has 0 rings (SSSR count). The van der Waals surface area contributed by atoms with E-state index < -0.39 is 5.60 Å². The Labute approximate surface area is 75.4 Å².